The Hall–Kier alpha value is -0.970. The van der Waals surface area contributed by atoms with E-state index in [-0.39, 0.29) is 6.47 Å². The lowest BCUT2D eigenvalue weighted by Gasteiger charge is -2.45. The van der Waals surface area contributed by atoms with Gasteiger partial charge in [-0.25, -0.2) is 0 Å². The van der Waals surface area contributed by atoms with Crippen LogP contribution in [0.3, 0.4) is 0 Å². The first-order valence-electron chi connectivity index (χ1n) is 7.57. The van der Waals surface area contributed by atoms with Crippen molar-refractivity contribution in [1.29, 1.82) is 0 Å². The minimum Gasteiger partial charge on any atom is -0.483 e. The first-order valence-corrected chi connectivity index (χ1v) is 7.57. The molecule has 0 saturated carbocycles. The molecule has 2 fully saturated rings. The summed E-state index contributed by atoms with van der Waals surface area (Å²) in [6, 6.07) is 0. The van der Waals surface area contributed by atoms with Gasteiger partial charge in [0.05, 0.1) is 13.2 Å². The standard InChI is InChI=1S/C12H22O11.CH2O2/c13-1-3-5(15)6(16)9(19)12(22-3)23-10-4(2-14)21-11(20)8(18)7(10)17;2-1-3/h3-20H,1-2H2;1H,(H,2,3)/t3-,4-,5-,6+,7-,8-,9-,10-,11-,12-;/m1./s1. The summed E-state index contributed by atoms with van der Waals surface area (Å²) in [5.41, 5.74) is 0. The molecule has 0 aromatic heterocycles. The van der Waals surface area contributed by atoms with Crippen LogP contribution in [0, 0.1) is 0 Å². The zero-order chi connectivity index (χ0) is 20.0. The van der Waals surface area contributed by atoms with E-state index in [1.165, 1.54) is 0 Å². The van der Waals surface area contributed by atoms with Crippen LogP contribution in [-0.2, 0) is 19.0 Å². The summed E-state index contributed by atoms with van der Waals surface area (Å²) in [5.74, 6) is 0. The molecule has 9 N–H and O–H groups in total. The van der Waals surface area contributed by atoms with Crippen molar-refractivity contribution in [3.05, 3.63) is 0 Å². The third kappa shape index (κ3) is 5.05. The summed E-state index contributed by atoms with van der Waals surface area (Å²) in [5, 5.41) is 83.4. The van der Waals surface area contributed by atoms with E-state index < -0.39 is 74.6 Å². The first-order chi connectivity index (χ1) is 12.2. The number of hydrogen-bond donors (Lipinski definition) is 9. The van der Waals surface area contributed by atoms with Gasteiger partial charge in [-0.2, -0.15) is 0 Å². The van der Waals surface area contributed by atoms with Crippen LogP contribution in [0.5, 0.6) is 0 Å². The fourth-order valence-corrected chi connectivity index (χ4v) is 2.57. The van der Waals surface area contributed by atoms with Crippen molar-refractivity contribution >= 4 is 6.47 Å². The van der Waals surface area contributed by atoms with Crippen LogP contribution in [0.15, 0.2) is 0 Å². The quantitative estimate of drug-likeness (QED) is 0.205. The molecule has 10 atom stereocenters. The van der Waals surface area contributed by atoms with Gasteiger partial charge in [-0.15, -0.1) is 0 Å². The number of aliphatic hydroxyl groups is 8. The van der Waals surface area contributed by atoms with E-state index in [0.717, 1.165) is 0 Å². The zero-order valence-electron chi connectivity index (χ0n) is 13.4. The number of carbonyl (C=O) groups is 1. The second-order valence-corrected chi connectivity index (χ2v) is 5.63. The molecule has 0 aromatic carbocycles. The number of aliphatic hydroxyl groups excluding tert-OH is 8. The minimum absolute atomic E-state index is 0.250. The van der Waals surface area contributed by atoms with Crippen LogP contribution in [0.2, 0.25) is 0 Å². The molecule has 13 nitrogen and oxygen atoms in total. The molecule has 2 saturated heterocycles. The van der Waals surface area contributed by atoms with Crippen LogP contribution in [0.4, 0.5) is 0 Å². The van der Waals surface area contributed by atoms with Gasteiger partial charge in [-0.3, -0.25) is 4.79 Å². The van der Waals surface area contributed by atoms with E-state index in [0.29, 0.717) is 0 Å². The normalized spacial score (nSPS) is 46.2. The second kappa shape index (κ2) is 10.4. The second-order valence-electron chi connectivity index (χ2n) is 5.63. The Morgan fingerprint density at radius 1 is 0.769 bits per heavy atom. The Morgan fingerprint density at radius 2 is 1.31 bits per heavy atom. The van der Waals surface area contributed by atoms with Crippen LogP contribution >= 0.6 is 0 Å². The van der Waals surface area contributed by atoms with E-state index in [1.807, 2.05) is 0 Å². The fraction of sp³-hybridized carbons (Fsp3) is 0.923. The van der Waals surface area contributed by atoms with Crippen molar-refractivity contribution in [2.45, 2.75) is 61.4 Å². The molecule has 2 aliphatic heterocycles. The zero-order valence-corrected chi connectivity index (χ0v) is 13.4. The Morgan fingerprint density at radius 3 is 1.81 bits per heavy atom. The maximum atomic E-state index is 9.94. The van der Waals surface area contributed by atoms with Gasteiger partial charge < -0.3 is 60.2 Å². The molecule has 0 bridgehead atoms. The van der Waals surface area contributed by atoms with Crippen molar-refractivity contribution in [2.75, 3.05) is 13.2 Å². The monoisotopic (exact) mass is 388 g/mol. The Labute approximate surface area is 147 Å². The highest BCUT2D eigenvalue weighted by Crippen LogP contribution is 2.28. The number of rotatable bonds is 4. The van der Waals surface area contributed by atoms with Gasteiger partial charge in [0.1, 0.15) is 48.8 Å². The number of hydrogen-bond acceptors (Lipinski definition) is 12. The van der Waals surface area contributed by atoms with Crippen LogP contribution in [0.1, 0.15) is 0 Å². The van der Waals surface area contributed by atoms with Gasteiger partial charge in [0.25, 0.3) is 6.47 Å². The Kier molecular flexibility index (Phi) is 9.22. The molecule has 0 amide bonds. The van der Waals surface area contributed by atoms with Crippen LogP contribution < -0.4 is 0 Å². The molecule has 2 rings (SSSR count). The van der Waals surface area contributed by atoms with Crippen molar-refractivity contribution in [1.82, 2.24) is 0 Å². The van der Waals surface area contributed by atoms with Gasteiger partial charge in [0, 0.05) is 0 Å². The fourth-order valence-electron chi connectivity index (χ4n) is 2.57. The molecular weight excluding hydrogens is 364 g/mol. The molecule has 0 unspecified atom stereocenters. The molecule has 13 heteroatoms. The highest BCUT2D eigenvalue weighted by molar-refractivity contribution is 5.32. The average Bonchev–Trinajstić information content (AvgIpc) is 2.62. The van der Waals surface area contributed by atoms with Gasteiger partial charge >= 0.3 is 0 Å². The number of carboxylic acid groups (broad SMARTS) is 1. The summed E-state index contributed by atoms with van der Waals surface area (Å²) in [7, 11) is 0. The average molecular weight is 388 g/mol. The SMILES string of the molecule is O=CO.OC[C@H]1O[C@H](O[C@H]2[C@H](O)[C@@H](O)[C@H](O)O[C@@H]2CO)[C@H](O)[C@@H](O)[C@@H]1O. The van der Waals surface area contributed by atoms with E-state index >= 15 is 0 Å². The van der Waals surface area contributed by atoms with E-state index in [9.17, 15) is 35.7 Å². The predicted octanol–water partition coefficient (Wildman–Crippen LogP) is -5.70. The Bertz CT molecular complexity index is 419. The summed E-state index contributed by atoms with van der Waals surface area (Å²) in [6.45, 7) is -1.60. The predicted molar refractivity (Wildman–Crippen MR) is 77.3 cm³/mol. The lowest BCUT2D eigenvalue weighted by molar-refractivity contribution is -0.355. The topological polar surface area (TPSA) is 227 Å². The summed E-state index contributed by atoms with van der Waals surface area (Å²) in [4.78, 5) is 8.36. The van der Waals surface area contributed by atoms with Gasteiger partial charge in [0.15, 0.2) is 12.6 Å². The molecular formula is C13H24O13. The van der Waals surface area contributed by atoms with Crippen molar-refractivity contribution in [3.8, 4) is 0 Å². The number of ether oxygens (including phenoxy) is 3. The van der Waals surface area contributed by atoms with Crippen molar-refractivity contribution < 1.29 is 65.0 Å². The maximum Gasteiger partial charge on any atom is 0.290 e. The highest BCUT2D eigenvalue weighted by Gasteiger charge is 2.50. The molecule has 2 heterocycles. The minimum atomic E-state index is -1.74. The van der Waals surface area contributed by atoms with Crippen LogP contribution in [-0.4, -0.2) is 127 Å². The van der Waals surface area contributed by atoms with Crippen LogP contribution in [0.25, 0.3) is 0 Å². The molecule has 26 heavy (non-hydrogen) atoms. The lowest BCUT2D eigenvalue weighted by Crippen LogP contribution is -2.64. The Balaban J connectivity index is 0.00000105. The first kappa shape index (κ1) is 23.1. The lowest BCUT2D eigenvalue weighted by atomic mass is 9.97. The molecule has 2 aliphatic rings. The van der Waals surface area contributed by atoms with Gasteiger partial charge in [-0.05, 0) is 0 Å². The van der Waals surface area contributed by atoms with Gasteiger partial charge in [-0.1, -0.05) is 0 Å². The van der Waals surface area contributed by atoms with E-state index in [2.05, 4.69) is 0 Å². The largest absolute Gasteiger partial charge is 0.483 e. The molecule has 0 aliphatic carbocycles. The van der Waals surface area contributed by atoms with Crippen molar-refractivity contribution in [2.24, 2.45) is 0 Å². The highest BCUT2D eigenvalue weighted by atomic mass is 16.7. The van der Waals surface area contributed by atoms with Crippen molar-refractivity contribution in [3.63, 3.8) is 0 Å². The smallest absolute Gasteiger partial charge is 0.290 e. The van der Waals surface area contributed by atoms with Gasteiger partial charge in [0.2, 0.25) is 0 Å². The summed E-state index contributed by atoms with van der Waals surface area (Å²) in [6.07, 6.45) is -15.6. The summed E-state index contributed by atoms with van der Waals surface area (Å²) < 4.78 is 15.3. The molecule has 0 aromatic rings. The molecule has 0 spiro atoms. The molecule has 154 valence electrons. The third-order valence-corrected chi connectivity index (χ3v) is 3.98. The molecule has 0 radical (unpaired) electrons. The maximum absolute atomic E-state index is 9.94. The third-order valence-electron chi connectivity index (χ3n) is 3.98. The van der Waals surface area contributed by atoms with E-state index in [1.54, 1.807) is 0 Å². The summed E-state index contributed by atoms with van der Waals surface area (Å²) >= 11 is 0. The van der Waals surface area contributed by atoms with E-state index in [4.69, 9.17) is 29.2 Å².